The van der Waals surface area contributed by atoms with Gasteiger partial charge in [-0.25, -0.2) is 9.97 Å². The van der Waals surface area contributed by atoms with Gasteiger partial charge in [0.25, 0.3) is 0 Å². The molecule has 1 aliphatic heterocycles. The summed E-state index contributed by atoms with van der Waals surface area (Å²) in [4.78, 5) is 11.2. The van der Waals surface area contributed by atoms with Crippen molar-refractivity contribution in [1.29, 1.82) is 0 Å². The number of H-pyrrole nitrogens is 1. The molecule has 1 aliphatic rings. The summed E-state index contributed by atoms with van der Waals surface area (Å²) in [5, 5.41) is 7.99. The number of hydrogen-bond acceptors (Lipinski definition) is 4. The highest BCUT2D eigenvalue weighted by Gasteiger charge is 2.16. The third-order valence-electron chi connectivity index (χ3n) is 3.06. The van der Waals surface area contributed by atoms with Gasteiger partial charge in [0.2, 0.25) is 0 Å². The quantitative estimate of drug-likeness (QED) is 0.841. The molecule has 1 saturated heterocycles. The van der Waals surface area contributed by atoms with Gasteiger partial charge in [-0.15, -0.1) is 0 Å². The Morgan fingerprint density at radius 2 is 1.83 bits per heavy atom. The van der Waals surface area contributed by atoms with E-state index in [0.29, 0.717) is 0 Å². The summed E-state index contributed by atoms with van der Waals surface area (Å²) < 4.78 is 0. The van der Waals surface area contributed by atoms with E-state index in [4.69, 9.17) is 0 Å². The zero-order valence-electron chi connectivity index (χ0n) is 11.4. The Kier molecular flexibility index (Phi) is 4.12. The predicted octanol–water partition coefficient (Wildman–Crippen LogP) is 2.68. The molecule has 3 heterocycles. The number of aryl methyl sites for hydroxylation is 1. The fourth-order valence-corrected chi connectivity index (χ4v) is 2.28. The molecule has 98 valence electrons. The lowest BCUT2D eigenvalue weighted by atomic mass is 10.1. The van der Waals surface area contributed by atoms with E-state index in [1.54, 1.807) is 0 Å². The molecule has 1 fully saturated rings. The summed E-state index contributed by atoms with van der Waals surface area (Å²) in [6.07, 6.45) is 5.65. The van der Waals surface area contributed by atoms with E-state index in [9.17, 15) is 0 Å². The van der Waals surface area contributed by atoms with Gasteiger partial charge < -0.3 is 4.90 Å². The van der Waals surface area contributed by atoms with Crippen molar-refractivity contribution in [2.45, 2.75) is 40.0 Å². The van der Waals surface area contributed by atoms with E-state index in [1.807, 2.05) is 27.0 Å². The van der Waals surface area contributed by atoms with Crippen LogP contribution in [0.25, 0.3) is 11.0 Å². The molecule has 1 N–H and O–H groups in total. The Hall–Kier alpha value is -1.65. The number of aromatic nitrogens is 4. The van der Waals surface area contributed by atoms with E-state index in [2.05, 4.69) is 25.1 Å². The first-order valence-corrected chi connectivity index (χ1v) is 6.77. The van der Waals surface area contributed by atoms with Crippen molar-refractivity contribution >= 4 is 16.9 Å². The van der Waals surface area contributed by atoms with E-state index >= 15 is 0 Å². The number of nitrogens with one attached hydrogen (secondary N) is 1. The first kappa shape index (κ1) is 12.8. The van der Waals surface area contributed by atoms with Crippen LogP contribution in [0, 0.1) is 6.92 Å². The number of piperidine rings is 1. The number of rotatable bonds is 1. The van der Waals surface area contributed by atoms with Gasteiger partial charge in [0, 0.05) is 13.1 Å². The molecular formula is C13H21N5. The highest BCUT2D eigenvalue weighted by Crippen LogP contribution is 2.24. The van der Waals surface area contributed by atoms with Crippen LogP contribution in [0.2, 0.25) is 0 Å². The van der Waals surface area contributed by atoms with Crippen LogP contribution in [-0.2, 0) is 0 Å². The van der Waals surface area contributed by atoms with Crippen LogP contribution < -0.4 is 4.90 Å². The van der Waals surface area contributed by atoms with Crippen molar-refractivity contribution < 1.29 is 0 Å². The summed E-state index contributed by atoms with van der Waals surface area (Å²) in [6.45, 7) is 8.11. The van der Waals surface area contributed by atoms with Gasteiger partial charge in [-0.3, -0.25) is 5.10 Å². The van der Waals surface area contributed by atoms with Crippen LogP contribution in [0.4, 0.5) is 5.82 Å². The lowest BCUT2D eigenvalue weighted by Gasteiger charge is -2.28. The predicted molar refractivity (Wildman–Crippen MR) is 73.8 cm³/mol. The second-order valence-corrected chi connectivity index (χ2v) is 4.27. The van der Waals surface area contributed by atoms with E-state index in [0.717, 1.165) is 35.8 Å². The lowest BCUT2D eigenvalue weighted by Crippen LogP contribution is -2.30. The monoisotopic (exact) mass is 247 g/mol. The molecule has 0 unspecified atom stereocenters. The Bertz CT molecular complexity index is 499. The van der Waals surface area contributed by atoms with E-state index in [-0.39, 0.29) is 0 Å². The van der Waals surface area contributed by atoms with Crippen molar-refractivity contribution in [1.82, 2.24) is 20.2 Å². The Morgan fingerprint density at radius 1 is 1.11 bits per heavy atom. The number of hydrogen-bond donors (Lipinski definition) is 1. The largest absolute Gasteiger partial charge is 0.356 e. The van der Waals surface area contributed by atoms with Gasteiger partial charge in [0.15, 0.2) is 5.65 Å². The molecule has 0 amide bonds. The van der Waals surface area contributed by atoms with Gasteiger partial charge in [-0.1, -0.05) is 13.8 Å². The molecular weight excluding hydrogens is 226 g/mol. The van der Waals surface area contributed by atoms with Crippen LogP contribution >= 0.6 is 0 Å². The molecule has 0 saturated carbocycles. The maximum atomic E-state index is 4.55. The summed E-state index contributed by atoms with van der Waals surface area (Å²) in [6, 6.07) is 0. The summed E-state index contributed by atoms with van der Waals surface area (Å²) in [5.41, 5.74) is 0.841. The highest BCUT2D eigenvalue weighted by molar-refractivity contribution is 5.86. The van der Waals surface area contributed by atoms with Gasteiger partial charge >= 0.3 is 0 Å². The van der Waals surface area contributed by atoms with E-state index in [1.165, 1.54) is 19.3 Å². The second kappa shape index (κ2) is 5.80. The van der Waals surface area contributed by atoms with E-state index < -0.39 is 0 Å². The van der Waals surface area contributed by atoms with Gasteiger partial charge in [0.1, 0.15) is 11.6 Å². The Morgan fingerprint density at radius 3 is 2.56 bits per heavy atom. The van der Waals surface area contributed by atoms with Gasteiger partial charge in [0.05, 0.1) is 11.6 Å². The second-order valence-electron chi connectivity index (χ2n) is 4.27. The Labute approximate surface area is 108 Å². The average Bonchev–Trinajstić information content (AvgIpc) is 2.89. The molecule has 2 aromatic heterocycles. The van der Waals surface area contributed by atoms with Crippen LogP contribution in [0.1, 0.15) is 38.9 Å². The maximum Gasteiger partial charge on any atom is 0.161 e. The van der Waals surface area contributed by atoms with Crippen molar-refractivity contribution in [2.75, 3.05) is 18.0 Å². The topological polar surface area (TPSA) is 57.7 Å². The van der Waals surface area contributed by atoms with Crippen LogP contribution in [0.5, 0.6) is 0 Å². The number of nitrogens with zero attached hydrogens (tertiary/aromatic N) is 4. The maximum absolute atomic E-state index is 4.55. The van der Waals surface area contributed by atoms with Crippen molar-refractivity contribution in [3.63, 3.8) is 0 Å². The third kappa shape index (κ3) is 2.44. The van der Waals surface area contributed by atoms with Crippen LogP contribution in [0.15, 0.2) is 6.20 Å². The van der Waals surface area contributed by atoms with Crippen molar-refractivity contribution in [2.24, 2.45) is 0 Å². The molecule has 0 atom stereocenters. The smallest absolute Gasteiger partial charge is 0.161 e. The molecule has 0 aliphatic carbocycles. The molecule has 18 heavy (non-hydrogen) atoms. The standard InChI is InChI=1S/C11H15N5.C2H6/c1-8-13-10-9(7-12-15-10)11(14-8)16-5-3-2-4-6-16;1-2/h7H,2-6H2,1H3,(H,12,13,14,15);1-2H3. The molecule has 3 rings (SSSR count). The van der Waals surface area contributed by atoms with Gasteiger partial charge in [-0.05, 0) is 26.2 Å². The van der Waals surface area contributed by atoms with Gasteiger partial charge in [-0.2, -0.15) is 5.10 Å². The lowest BCUT2D eigenvalue weighted by molar-refractivity contribution is 0.574. The summed E-state index contributed by atoms with van der Waals surface area (Å²) >= 11 is 0. The molecule has 2 aromatic rings. The molecule has 5 nitrogen and oxygen atoms in total. The minimum atomic E-state index is 0.803. The highest BCUT2D eigenvalue weighted by atomic mass is 15.2. The third-order valence-corrected chi connectivity index (χ3v) is 3.06. The molecule has 5 heteroatoms. The minimum Gasteiger partial charge on any atom is -0.356 e. The van der Waals surface area contributed by atoms with Crippen LogP contribution in [0.3, 0.4) is 0 Å². The minimum absolute atomic E-state index is 0.803. The number of aromatic amines is 1. The average molecular weight is 247 g/mol. The fourth-order valence-electron chi connectivity index (χ4n) is 2.28. The van der Waals surface area contributed by atoms with Crippen LogP contribution in [-0.4, -0.2) is 33.3 Å². The first-order chi connectivity index (χ1) is 8.84. The number of anilines is 1. The zero-order chi connectivity index (χ0) is 13.0. The molecule has 0 spiro atoms. The van der Waals surface area contributed by atoms with Crippen molar-refractivity contribution in [3.8, 4) is 0 Å². The number of fused-ring (bicyclic) bond motifs is 1. The molecule has 0 bridgehead atoms. The first-order valence-electron chi connectivity index (χ1n) is 6.77. The fraction of sp³-hybridized carbons (Fsp3) is 0.615. The Balaban J connectivity index is 0.000000574. The summed E-state index contributed by atoms with van der Waals surface area (Å²) in [5.74, 6) is 1.84. The molecule has 0 aromatic carbocycles. The zero-order valence-corrected chi connectivity index (χ0v) is 11.4. The SMILES string of the molecule is CC.Cc1nc(N2CCCCC2)c2cn[nH]c2n1. The molecule has 0 radical (unpaired) electrons. The normalized spacial score (nSPS) is 15.4. The summed E-state index contributed by atoms with van der Waals surface area (Å²) in [7, 11) is 0. The van der Waals surface area contributed by atoms with Crippen molar-refractivity contribution in [3.05, 3.63) is 12.0 Å².